The van der Waals surface area contributed by atoms with Gasteiger partial charge in [-0.3, -0.25) is 0 Å². The Bertz CT molecular complexity index is 246. The van der Waals surface area contributed by atoms with Gasteiger partial charge in [0.05, 0.1) is 0 Å². The zero-order chi connectivity index (χ0) is 17.2. The number of rotatable bonds is 18. The fourth-order valence-corrected chi connectivity index (χ4v) is 3.02. The molecule has 0 heterocycles. The van der Waals surface area contributed by atoms with Crippen LogP contribution < -0.4 is 17.2 Å². The number of allylic oxidation sites excluding steroid dienone is 1. The average Bonchev–Trinajstić information content (AvgIpc) is 2.49. The lowest BCUT2D eigenvalue weighted by Gasteiger charge is -2.17. The summed E-state index contributed by atoms with van der Waals surface area (Å²) in [6.45, 7) is 3.76. The van der Waals surface area contributed by atoms with Crippen molar-refractivity contribution in [2.45, 2.75) is 115 Å². The largest absolute Gasteiger partial charge is 0.301 e. The Balaban J connectivity index is 3.01. The molecule has 0 bridgehead atoms. The van der Waals surface area contributed by atoms with Crippen molar-refractivity contribution >= 4 is 0 Å². The lowest BCUT2D eigenvalue weighted by atomic mass is 10.0. The first-order valence-corrected chi connectivity index (χ1v) is 10.0. The maximum Gasteiger partial charge on any atom is 0.115 e. The fraction of sp³-hybridized carbons (Fsp3) is 0.900. The van der Waals surface area contributed by atoms with Gasteiger partial charge in [0.15, 0.2) is 0 Å². The summed E-state index contributed by atoms with van der Waals surface area (Å²) in [5, 5.41) is 0. The van der Waals surface area contributed by atoms with Gasteiger partial charge in [-0.15, -0.1) is 6.58 Å². The minimum atomic E-state index is -0.967. The van der Waals surface area contributed by atoms with E-state index in [4.69, 9.17) is 17.2 Å². The summed E-state index contributed by atoms with van der Waals surface area (Å²) in [5.74, 6) is -0.967. The lowest BCUT2D eigenvalue weighted by molar-refractivity contribution is 0.399. The molecule has 3 heteroatoms. The summed E-state index contributed by atoms with van der Waals surface area (Å²) in [4.78, 5) is 0. The van der Waals surface area contributed by atoms with E-state index in [-0.39, 0.29) is 0 Å². The second kappa shape index (κ2) is 16.5. The SMILES string of the molecule is C=CCCCCCCCCCCCCCCCCCC(N)(N)N. The molecule has 0 unspecified atom stereocenters. The third-order valence-electron chi connectivity index (χ3n) is 4.52. The smallest absolute Gasteiger partial charge is 0.115 e. The van der Waals surface area contributed by atoms with Gasteiger partial charge in [-0.2, -0.15) is 0 Å². The summed E-state index contributed by atoms with van der Waals surface area (Å²) < 4.78 is 0. The topological polar surface area (TPSA) is 78.1 Å². The van der Waals surface area contributed by atoms with Crippen LogP contribution in [0, 0.1) is 0 Å². The standard InChI is InChI=1S/C20H43N3/c1-2-3-4-5-6-7-8-9-10-11-12-13-14-15-16-17-18-19-20(21,22)23/h2H,1,3-19,21-23H2. The van der Waals surface area contributed by atoms with E-state index in [2.05, 4.69) is 6.58 Å². The molecule has 0 aromatic heterocycles. The van der Waals surface area contributed by atoms with Crippen molar-refractivity contribution in [2.75, 3.05) is 0 Å². The van der Waals surface area contributed by atoms with Crippen molar-refractivity contribution < 1.29 is 0 Å². The van der Waals surface area contributed by atoms with Gasteiger partial charge in [0.2, 0.25) is 0 Å². The first-order chi connectivity index (χ1) is 11.1. The van der Waals surface area contributed by atoms with E-state index < -0.39 is 5.79 Å². The third kappa shape index (κ3) is 21.6. The van der Waals surface area contributed by atoms with Crippen LogP contribution in [0.5, 0.6) is 0 Å². The van der Waals surface area contributed by atoms with Crippen LogP contribution in [-0.4, -0.2) is 5.79 Å². The van der Waals surface area contributed by atoms with Crippen LogP contribution in [0.15, 0.2) is 12.7 Å². The van der Waals surface area contributed by atoms with Crippen LogP contribution in [0.2, 0.25) is 0 Å². The Labute approximate surface area is 145 Å². The summed E-state index contributed by atoms with van der Waals surface area (Å²) in [7, 11) is 0. The average molecular weight is 326 g/mol. The maximum atomic E-state index is 5.55. The summed E-state index contributed by atoms with van der Waals surface area (Å²) in [6.07, 6.45) is 24.3. The van der Waals surface area contributed by atoms with Crippen LogP contribution in [0.4, 0.5) is 0 Å². The van der Waals surface area contributed by atoms with Gasteiger partial charge < -0.3 is 17.2 Å². The molecule has 0 aliphatic carbocycles. The van der Waals surface area contributed by atoms with Gasteiger partial charge >= 0.3 is 0 Å². The second-order valence-corrected chi connectivity index (χ2v) is 7.24. The molecule has 0 amide bonds. The van der Waals surface area contributed by atoms with Crippen molar-refractivity contribution in [1.82, 2.24) is 0 Å². The third-order valence-corrected chi connectivity index (χ3v) is 4.52. The van der Waals surface area contributed by atoms with E-state index in [1.54, 1.807) is 0 Å². The zero-order valence-corrected chi connectivity index (χ0v) is 15.5. The van der Waals surface area contributed by atoms with Crippen LogP contribution in [0.1, 0.15) is 109 Å². The maximum absolute atomic E-state index is 5.55. The number of nitrogens with two attached hydrogens (primary N) is 3. The molecule has 0 aliphatic rings. The predicted octanol–water partition coefficient (Wildman–Crippen LogP) is 5.33. The molecule has 0 saturated heterocycles. The van der Waals surface area contributed by atoms with E-state index in [0.717, 1.165) is 12.8 Å². The number of unbranched alkanes of at least 4 members (excludes halogenated alkanes) is 15. The second-order valence-electron chi connectivity index (χ2n) is 7.24. The molecule has 6 N–H and O–H groups in total. The molecule has 3 nitrogen and oxygen atoms in total. The lowest BCUT2D eigenvalue weighted by Crippen LogP contribution is -2.57. The molecule has 0 atom stereocenters. The van der Waals surface area contributed by atoms with Crippen molar-refractivity contribution in [2.24, 2.45) is 17.2 Å². The Hall–Kier alpha value is -0.380. The van der Waals surface area contributed by atoms with Crippen LogP contribution in [0.3, 0.4) is 0 Å². The highest BCUT2D eigenvalue weighted by atomic mass is 15.1. The van der Waals surface area contributed by atoms with E-state index in [1.165, 1.54) is 96.3 Å². The van der Waals surface area contributed by atoms with Crippen molar-refractivity contribution in [1.29, 1.82) is 0 Å². The van der Waals surface area contributed by atoms with Gasteiger partial charge in [-0.25, -0.2) is 0 Å². The van der Waals surface area contributed by atoms with Crippen LogP contribution >= 0.6 is 0 Å². The predicted molar refractivity (Wildman–Crippen MR) is 104 cm³/mol. The van der Waals surface area contributed by atoms with E-state index in [1.807, 2.05) is 6.08 Å². The molecule has 0 aromatic carbocycles. The minimum Gasteiger partial charge on any atom is -0.301 e. The Morgan fingerprint density at radius 3 is 1.13 bits per heavy atom. The Morgan fingerprint density at radius 2 is 0.826 bits per heavy atom. The number of hydrogen-bond acceptors (Lipinski definition) is 3. The molecule has 0 fully saturated rings. The normalized spacial score (nSPS) is 11.8. The van der Waals surface area contributed by atoms with Crippen molar-refractivity contribution in [3.8, 4) is 0 Å². The highest BCUT2D eigenvalue weighted by molar-refractivity contribution is 4.67. The van der Waals surface area contributed by atoms with Gasteiger partial charge in [0.25, 0.3) is 0 Å². The van der Waals surface area contributed by atoms with Crippen LogP contribution in [0.25, 0.3) is 0 Å². The highest BCUT2D eigenvalue weighted by Crippen LogP contribution is 2.14. The van der Waals surface area contributed by atoms with E-state index in [0.29, 0.717) is 0 Å². The first kappa shape index (κ1) is 22.6. The van der Waals surface area contributed by atoms with E-state index in [9.17, 15) is 0 Å². The molecular weight excluding hydrogens is 282 g/mol. The van der Waals surface area contributed by atoms with Gasteiger partial charge in [0.1, 0.15) is 5.79 Å². The molecule has 0 spiro atoms. The molecule has 0 aliphatic heterocycles. The molecule has 0 rings (SSSR count). The minimum absolute atomic E-state index is 0.723. The zero-order valence-electron chi connectivity index (χ0n) is 15.5. The molecule has 0 aromatic rings. The summed E-state index contributed by atoms with van der Waals surface area (Å²) in [6, 6.07) is 0. The highest BCUT2D eigenvalue weighted by Gasteiger charge is 2.09. The van der Waals surface area contributed by atoms with Gasteiger partial charge in [0, 0.05) is 0 Å². The van der Waals surface area contributed by atoms with E-state index >= 15 is 0 Å². The summed E-state index contributed by atoms with van der Waals surface area (Å²) in [5.41, 5.74) is 16.7. The van der Waals surface area contributed by atoms with Gasteiger partial charge in [-0.05, 0) is 25.7 Å². The fourth-order valence-electron chi connectivity index (χ4n) is 3.02. The monoisotopic (exact) mass is 325 g/mol. The molecule has 0 saturated carbocycles. The van der Waals surface area contributed by atoms with Crippen molar-refractivity contribution in [3.05, 3.63) is 12.7 Å². The van der Waals surface area contributed by atoms with Crippen molar-refractivity contribution in [3.63, 3.8) is 0 Å². The Kier molecular flexibility index (Phi) is 16.2. The molecule has 0 radical (unpaired) electrons. The quantitative estimate of drug-likeness (QED) is 0.181. The first-order valence-electron chi connectivity index (χ1n) is 10.0. The summed E-state index contributed by atoms with van der Waals surface area (Å²) >= 11 is 0. The molecular formula is C20H43N3. The molecule has 23 heavy (non-hydrogen) atoms. The number of hydrogen-bond donors (Lipinski definition) is 3. The van der Waals surface area contributed by atoms with Crippen LogP contribution in [-0.2, 0) is 0 Å². The molecule has 138 valence electrons. The van der Waals surface area contributed by atoms with Gasteiger partial charge in [-0.1, -0.05) is 89.5 Å². The Morgan fingerprint density at radius 1 is 0.522 bits per heavy atom.